The number of carbonyl (C=O) groups excluding carboxylic acids is 1. The lowest BCUT2D eigenvalue weighted by atomic mass is 9.85. The van der Waals surface area contributed by atoms with E-state index in [2.05, 4.69) is 5.32 Å². The zero-order chi connectivity index (χ0) is 39.1. The molecule has 17 heteroatoms. The molecule has 17 nitrogen and oxygen atoms in total. The van der Waals surface area contributed by atoms with Crippen LogP contribution in [-0.4, -0.2) is 154 Å². The molecule has 0 bridgehead atoms. The average molecular weight is 780 g/mol. The number of benzene rings is 2. The number of alkyl carbamates (subject to hydrolysis) is 1. The highest BCUT2D eigenvalue weighted by atomic mass is 16.7. The minimum absolute atomic E-state index is 0.0163. The average Bonchev–Trinajstić information content (AvgIpc) is 3.19. The summed E-state index contributed by atoms with van der Waals surface area (Å²) in [7, 11) is 0. The summed E-state index contributed by atoms with van der Waals surface area (Å²) >= 11 is 0. The van der Waals surface area contributed by atoms with Gasteiger partial charge in [-0.2, -0.15) is 0 Å². The van der Waals surface area contributed by atoms with Gasteiger partial charge in [0.2, 0.25) is 0 Å². The number of carboxylic acid groups (broad SMARTS) is 1. The molecular weight excluding hydrogens is 726 g/mol. The van der Waals surface area contributed by atoms with Crippen molar-refractivity contribution in [1.29, 1.82) is 0 Å². The van der Waals surface area contributed by atoms with Crippen LogP contribution in [0, 0.1) is 5.92 Å². The van der Waals surface area contributed by atoms with Crippen LogP contribution >= 0.6 is 0 Å². The van der Waals surface area contributed by atoms with E-state index in [4.69, 9.17) is 33.2 Å². The third-order valence-electron chi connectivity index (χ3n) is 10.8. The Bertz CT molecular complexity index is 1540. The fraction of sp³-hybridized carbons (Fsp3) is 0.684. The van der Waals surface area contributed by atoms with E-state index in [1.165, 1.54) is 0 Å². The Morgan fingerprint density at radius 1 is 0.818 bits per heavy atom. The van der Waals surface area contributed by atoms with E-state index in [0.717, 1.165) is 48.4 Å². The van der Waals surface area contributed by atoms with Crippen LogP contribution in [0.3, 0.4) is 0 Å². The highest BCUT2D eigenvalue weighted by Gasteiger charge is 2.51. The molecule has 3 heterocycles. The molecule has 3 aliphatic heterocycles. The molecule has 8 N–H and O–H groups in total. The van der Waals surface area contributed by atoms with E-state index >= 15 is 0 Å². The van der Waals surface area contributed by atoms with Crippen molar-refractivity contribution in [3.63, 3.8) is 0 Å². The fourth-order valence-electron chi connectivity index (χ4n) is 7.72. The largest absolute Gasteiger partial charge is 0.479 e. The van der Waals surface area contributed by atoms with Crippen molar-refractivity contribution in [3.8, 4) is 0 Å². The molecule has 1 aliphatic carbocycles. The summed E-state index contributed by atoms with van der Waals surface area (Å²) < 4.78 is 40.9. The van der Waals surface area contributed by atoms with Crippen LogP contribution in [0.15, 0.2) is 42.5 Å². The predicted molar refractivity (Wildman–Crippen MR) is 189 cm³/mol. The van der Waals surface area contributed by atoms with Gasteiger partial charge in [-0.05, 0) is 41.2 Å². The van der Waals surface area contributed by atoms with Crippen LogP contribution in [0.2, 0.25) is 0 Å². The first kappa shape index (κ1) is 41.6. The number of aliphatic carboxylic acids is 1. The van der Waals surface area contributed by atoms with Crippen molar-refractivity contribution in [2.75, 3.05) is 26.4 Å². The fourth-order valence-corrected chi connectivity index (χ4v) is 7.72. The van der Waals surface area contributed by atoms with Gasteiger partial charge < -0.3 is 74.2 Å². The molecule has 4 fully saturated rings. The van der Waals surface area contributed by atoms with Crippen LogP contribution in [-0.2, 0) is 44.6 Å². The summed E-state index contributed by atoms with van der Waals surface area (Å²) in [6.45, 7) is -1.21. The first-order chi connectivity index (χ1) is 26.5. The van der Waals surface area contributed by atoms with Crippen LogP contribution in [0.4, 0.5) is 4.79 Å². The third kappa shape index (κ3) is 10.5. The number of nitrogens with one attached hydrogen (secondary N) is 1. The van der Waals surface area contributed by atoms with Gasteiger partial charge in [-0.15, -0.1) is 0 Å². The number of hydrogen-bond acceptors (Lipinski definition) is 15. The summed E-state index contributed by atoms with van der Waals surface area (Å²) in [6.07, 6.45) is -14.2. The molecule has 6 rings (SSSR count). The summed E-state index contributed by atoms with van der Waals surface area (Å²) in [5, 5.41) is 78.3. The number of aliphatic hydroxyl groups is 6. The van der Waals surface area contributed by atoms with Gasteiger partial charge in [0.1, 0.15) is 61.5 Å². The van der Waals surface area contributed by atoms with E-state index in [9.17, 15) is 45.3 Å². The second-order valence-corrected chi connectivity index (χ2v) is 14.7. The quantitative estimate of drug-likeness (QED) is 0.129. The normalized spacial score (nSPS) is 35.2. The minimum Gasteiger partial charge on any atom is -0.479 e. The predicted octanol–water partition coefficient (Wildman–Crippen LogP) is 0.312. The molecule has 55 heavy (non-hydrogen) atoms. The number of hydrogen-bond donors (Lipinski definition) is 8. The van der Waals surface area contributed by atoms with Crippen LogP contribution in [0.25, 0.3) is 10.8 Å². The van der Waals surface area contributed by atoms with Gasteiger partial charge in [0.05, 0.1) is 19.3 Å². The third-order valence-corrected chi connectivity index (χ3v) is 10.8. The lowest BCUT2D eigenvalue weighted by molar-refractivity contribution is -0.350. The highest BCUT2D eigenvalue weighted by molar-refractivity contribution is 5.83. The Morgan fingerprint density at radius 2 is 1.58 bits per heavy atom. The standard InChI is InChI=1S/C38H53NO16/c40-17-28-30(43)34(52-26(35(46)47)15-20-6-2-1-3-7-20)32(45)37(54-28)53-25-12-13-49-27(33(25)55-36-31(44)29(42)24(41)19-50-36)16-39-38(48)51-18-21-10-11-22-8-4-5-9-23(22)14-21/h4-5,8-11,14,20,24-34,36-37,40-45H,1-3,6-7,12-13,15-19H2,(H,39,48)(H,46,47). The number of fused-ring (bicyclic) bond motifs is 1. The van der Waals surface area contributed by atoms with Gasteiger partial charge in [0.15, 0.2) is 18.7 Å². The van der Waals surface area contributed by atoms with Gasteiger partial charge in [-0.25, -0.2) is 9.59 Å². The maximum Gasteiger partial charge on any atom is 0.407 e. The first-order valence-electron chi connectivity index (χ1n) is 19.0. The topological polar surface area (TPSA) is 252 Å². The Balaban J connectivity index is 1.14. The van der Waals surface area contributed by atoms with E-state index in [0.29, 0.717) is 0 Å². The molecule has 1 amide bonds. The Hall–Kier alpha value is -3.04. The summed E-state index contributed by atoms with van der Waals surface area (Å²) in [6, 6.07) is 13.5. The Morgan fingerprint density at radius 3 is 2.33 bits per heavy atom. The smallest absolute Gasteiger partial charge is 0.407 e. The molecule has 0 radical (unpaired) electrons. The van der Waals surface area contributed by atoms with Crippen molar-refractivity contribution in [2.45, 2.75) is 131 Å². The zero-order valence-corrected chi connectivity index (χ0v) is 30.4. The Kier molecular flexibility index (Phi) is 14.7. The monoisotopic (exact) mass is 779 g/mol. The maximum absolute atomic E-state index is 12.8. The number of carboxylic acids is 1. The van der Waals surface area contributed by atoms with Gasteiger partial charge in [-0.1, -0.05) is 68.5 Å². The molecule has 4 aliphatic rings. The van der Waals surface area contributed by atoms with Gasteiger partial charge >= 0.3 is 12.1 Å². The van der Waals surface area contributed by atoms with Gasteiger partial charge in [-0.3, -0.25) is 0 Å². The van der Waals surface area contributed by atoms with Crippen LogP contribution in [0.1, 0.15) is 50.5 Å². The summed E-state index contributed by atoms with van der Waals surface area (Å²) in [5.41, 5.74) is 0.768. The molecule has 306 valence electrons. The molecule has 1 saturated carbocycles. The second kappa shape index (κ2) is 19.4. The lowest BCUT2D eigenvalue weighted by Crippen LogP contribution is -2.63. The van der Waals surface area contributed by atoms with Gasteiger partial charge in [0.25, 0.3) is 0 Å². The minimum atomic E-state index is -1.73. The summed E-state index contributed by atoms with van der Waals surface area (Å²) in [5.74, 6) is -1.15. The van der Waals surface area contributed by atoms with Crippen LogP contribution < -0.4 is 5.32 Å². The molecule has 2 aromatic carbocycles. The van der Waals surface area contributed by atoms with E-state index in [1.54, 1.807) is 0 Å². The number of amides is 1. The number of ether oxygens (including phenoxy) is 7. The van der Waals surface area contributed by atoms with E-state index < -0.39 is 98.4 Å². The summed E-state index contributed by atoms with van der Waals surface area (Å²) in [4.78, 5) is 25.1. The molecule has 13 unspecified atom stereocenters. The maximum atomic E-state index is 12.8. The number of carbonyl (C=O) groups is 2. The molecular formula is C38H53NO16. The lowest BCUT2D eigenvalue weighted by Gasteiger charge is -2.46. The molecule has 0 aromatic heterocycles. The first-order valence-corrected chi connectivity index (χ1v) is 19.0. The molecule has 13 atom stereocenters. The van der Waals surface area contributed by atoms with Crippen molar-refractivity contribution in [1.82, 2.24) is 5.32 Å². The zero-order valence-electron chi connectivity index (χ0n) is 30.4. The SMILES string of the molecule is O=C(NCC1OCCC(OC2OC(CO)C(O)C(OC(CC3CCCCC3)C(=O)O)C2O)C1OC1OCC(O)C(O)C1O)OCc1ccc2ccccc2c1. The molecule has 2 aromatic rings. The molecule has 3 saturated heterocycles. The van der Waals surface area contributed by atoms with Gasteiger partial charge in [0, 0.05) is 13.2 Å². The van der Waals surface area contributed by atoms with E-state index in [-0.39, 0.29) is 45.1 Å². The highest BCUT2D eigenvalue weighted by Crippen LogP contribution is 2.34. The Labute approximate surface area is 318 Å². The van der Waals surface area contributed by atoms with Crippen molar-refractivity contribution >= 4 is 22.8 Å². The second-order valence-electron chi connectivity index (χ2n) is 14.7. The molecule has 0 spiro atoms. The van der Waals surface area contributed by atoms with Crippen molar-refractivity contribution in [2.24, 2.45) is 5.92 Å². The number of rotatable bonds is 14. The van der Waals surface area contributed by atoms with Crippen LogP contribution in [0.5, 0.6) is 0 Å². The van der Waals surface area contributed by atoms with E-state index in [1.807, 2.05) is 42.5 Å². The van der Waals surface area contributed by atoms with Crippen molar-refractivity contribution < 1.29 is 78.5 Å². The van der Waals surface area contributed by atoms with Crippen molar-refractivity contribution in [3.05, 3.63) is 48.0 Å². The number of aliphatic hydroxyl groups excluding tert-OH is 6.